The number of ether oxygens (including phenoxy) is 4. The number of hydrogen-bond donors (Lipinski definition) is 6. The third-order valence-corrected chi connectivity index (χ3v) is 11.3. The summed E-state index contributed by atoms with van der Waals surface area (Å²) in [5.74, 6) is -3.07. The maximum Gasteiger partial charge on any atom is 0.323 e. The molecule has 3 rings (SSSR count). The third-order valence-electron chi connectivity index (χ3n) is 11.3. The molecular formula is C47H75N7O10. The fourth-order valence-electron chi connectivity index (χ4n) is 7.44. The zero-order valence-corrected chi connectivity index (χ0v) is 38.5. The lowest BCUT2D eigenvalue weighted by atomic mass is 9.88. The lowest BCUT2D eigenvalue weighted by Gasteiger charge is -2.38. The van der Waals surface area contributed by atoms with Gasteiger partial charge in [-0.1, -0.05) is 87.4 Å². The molecule has 64 heavy (non-hydrogen) atoms. The average Bonchev–Trinajstić information content (AvgIpc) is 3.28. The van der Waals surface area contributed by atoms with Crippen molar-refractivity contribution >= 4 is 29.6 Å². The molecule has 17 heteroatoms. The Bertz CT molecular complexity index is 1650. The van der Waals surface area contributed by atoms with Gasteiger partial charge in [-0.3, -0.25) is 28.9 Å². The zero-order valence-electron chi connectivity index (χ0n) is 38.5. The summed E-state index contributed by atoms with van der Waals surface area (Å²) in [5.41, 5.74) is 12.7. The number of unbranched alkanes of at least 4 members (excludes halogenated alkanes) is 2. The zero-order chi connectivity index (χ0) is 46.7. The SMILES string of the molecule is COCCOCCN(CCCCC[C@@H](NC(=O)[C@@H](CC(C)C)NC(=O)[C@@H](Cc1ccccc1)NC(=O)[C@H](N)Cc1ccccc1)C(=O)N1CCC(N)(C(=O)O)CC1)CCOCCOC. The number of nitrogens with one attached hydrogen (secondary N) is 3. The van der Waals surface area contributed by atoms with Crippen LogP contribution in [0.1, 0.15) is 69.9 Å². The first-order valence-corrected chi connectivity index (χ1v) is 22.7. The summed E-state index contributed by atoms with van der Waals surface area (Å²) in [6.45, 7) is 9.43. The van der Waals surface area contributed by atoms with Crippen LogP contribution >= 0.6 is 0 Å². The minimum Gasteiger partial charge on any atom is -0.480 e. The molecule has 1 heterocycles. The number of piperidine rings is 1. The Labute approximate surface area is 379 Å². The van der Waals surface area contributed by atoms with Crippen LogP contribution < -0.4 is 27.4 Å². The van der Waals surface area contributed by atoms with Crippen LogP contribution in [-0.4, -0.2) is 161 Å². The lowest BCUT2D eigenvalue weighted by Crippen LogP contribution is -2.60. The smallest absolute Gasteiger partial charge is 0.323 e. The van der Waals surface area contributed by atoms with Crippen molar-refractivity contribution in [1.29, 1.82) is 0 Å². The van der Waals surface area contributed by atoms with E-state index in [1.807, 2.05) is 74.5 Å². The number of carbonyl (C=O) groups excluding carboxylic acids is 4. The Kier molecular flexibility index (Phi) is 25.1. The normalized spacial score (nSPS) is 15.6. The molecule has 17 nitrogen and oxygen atoms in total. The molecule has 0 unspecified atom stereocenters. The molecule has 0 aromatic heterocycles. The maximum atomic E-state index is 14.3. The second kappa shape index (κ2) is 29.9. The highest BCUT2D eigenvalue weighted by Crippen LogP contribution is 2.22. The van der Waals surface area contributed by atoms with Gasteiger partial charge in [0.15, 0.2) is 0 Å². The quantitative estimate of drug-likeness (QED) is 0.0577. The van der Waals surface area contributed by atoms with Gasteiger partial charge < -0.3 is 56.4 Å². The highest BCUT2D eigenvalue weighted by Gasteiger charge is 2.40. The Hall–Kier alpha value is -4.49. The van der Waals surface area contributed by atoms with E-state index in [1.165, 1.54) is 0 Å². The fourth-order valence-corrected chi connectivity index (χ4v) is 7.44. The number of benzene rings is 2. The topological polar surface area (TPSA) is 237 Å². The number of nitrogens with zero attached hydrogens (tertiary/aromatic N) is 2. The molecule has 2 aromatic carbocycles. The van der Waals surface area contributed by atoms with Gasteiger partial charge in [0, 0.05) is 46.8 Å². The van der Waals surface area contributed by atoms with Gasteiger partial charge in [-0.25, -0.2) is 0 Å². The number of rotatable bonds is 32. The highest BCUT2D eigenvalue weighted by atomic mass is 16.5. The number of nitrogens with two attached hydrogens (primary N) is 2. The van der Waals surface area contributed by atoms with E-state index in [-0.39, 0.29) is 57.0 Å². The summed E-state index contributed by atoms with van der Waals surface area (Å²) >= 11 is 0. The molecule has 2 aromatic rings. The number of aliphatic carboxylic acids is 1. The molecule has 0 aliphatic carbocycles. The van der Waals surface area contributed by atoms with Crippen molar-refractivity contribution in [3.8, 4) is 0 Å². The third kappa shape index (κ3) is 20.1. The van der Waals surface area contributed by atoms with Crippen LogP contribution in [0.25, 0.3) is 0 Å². The molecule has 1 saturated heterocycles. The number of carboxylic acids is 1. The van der Waals surface area contributed by atoms with E-state index in [0.29, 0.717) is 65.6 Å². The van der Waals surface area contributed by atoms with Crippen LogP contribution in [0.5, 0.6) is 0 Å². The Morgan fingerprint density at radius 3 is 1.73 bits per heavy atom. The minimum atomic E-state index is -1.44. The van der Waals surface area contributed by atoms with E-state index in [4.69, 9.17) is 30.4 Å². The van der Waals surface area contributed by atoms with E-state index in [9.17, 15) is 29.1 Å². The largest absolute Gasteiger partial charge is 0.480 e. The number of hydrogen-bond acceptors (Lipinski definition) is 12. The van der Waals surface area contributed by atoms with Crippen molar-refractivity contribution in [3.05, 3.63) is 71.8 Å². The molecule has 358 valence electrons. The highest BCUT2D eigenvalue weighted by molar-refractivity contribution is 5.95. The Morgan fingerprint density at radius 2 is 1.20 bits per heavy atom. The number of carboxylic acid groups (broad SMARTS) is 1. The minimum absolute atomic E-state index is 0.0267. The van der Waals surface area contributed by atoms with Crippen molar-refractivity contribution in [2.75, 3.05) is 86.6 Å². The van der Waals surface area contributed by atoms with Crippen molar-refractivity contribution in [2.24, 2.45) is 17.4 Å². The van der Waals surface area contributed by atoms with Gasteiger partial charge in [0.2, 0.25) is 23.6 Å². The van der Waals surface area contributed by atoms with Crippen LogP contribution in [0.15, 0.2) is 60.7 Å². The predicted molar refractivity (Wildman–Crippen MR) is 244 cm³/mol. The van der Waals surface area contributed by atoms with Gasteiger partial charge in [-0.15, -0.1) is 0 Å². The van der Waals surface area contributed by atoms with Gasteiger partial charge in [0.25, 0.3) is 0 Å². The van der Waals surface area contributed by atoms with E-state index in [2.05, 4.69) is 20.9 Å². The van der Waals surface area contributed by atoms with E-state index >= 15 is 0 Å². The van der Waals surface area contributed by atoms with Gasteiger partial charge >= 0.3 is 5.97 Å². The number of carbonyl (C=O) groups is 5. The first-order valence-electron chi connectivity index (χ1n) is 22.7. The summed E-state index contributed by atoms with van der Waals surface area (Å²) in [5, 5.41) is 18.4. The Balaban J connectivity index is 1.74. The second-order valence-electron chi connectivity index (χ2n) is 17.0. The molecule has 0 spiro atoms. The monoisotopic (exact) mass is 898 g/mol. The molecule has 4 atom stereocenters. The van der Waals surface area contributed by atoms with Crippen molar-refractivity contribution < 1.29 is 48.0 Å². The maximum absolute atomic E-state index is 14.3. The molecule has 4 amide bonds. The molecule has 1 aliphatic rings. The van der Waals surface area contributed by atoms with E-state index in [1.54, 1.807) is 19.1 Å². The van der Waals surface area contributed by atoms with Crippen LogP contribution in [0, 0.1) is 5.92 Å². The number of likely N-dealkylation sites (tertiary alicyclic amines) is 1. The van der Waals surface area contributed by atoms with Crippen molar-refractivity contribution in [1.82, 2.24) is 25.8 Å². The molecule has 8 N–H and O–H groups in total. The van der Waals surface area contributed by atoms with Gasteiger partial charge in [-0.2, -0.15) is 0 Å². The molecule has 1 fully saturated rings. The van der Waals surface area contributed by atoms with Gasteiger partial charge in [0.1, 0.15) is 23.7 Å². The van der Waals surface area contributed by atoms with Crippen LogP contribution in [0.3, 0.4) is 0 Å². The molecule has 0 radical (unpaired) electrons. The van der Waals surface area contributed by atoms with Crippen LogP contribution in [0.4, 0.5) is 0 Å². The van der Waals surface area contributed by atoms with E-state index < -0.39 is 53.4 Å². The molecular weight excluding hydrogens is 823 g/mol. The summed E-state index contributed by atoms with van der Waals surface area (Å²) in [7, 11) is 3.26. The Morgan fingerprint density at radius 1 is 0.688 bits per heavy atom. The molecule has 0 saturated carbocycles. The van der Waals surface area contributed by atoms with Gasteiger partial charge in [-0.05, 0) is 62.1 Å². The van der Waals surface area contributed by atoms with Gasteiger partial charge in [0.05, 0.1) is 45.7 Å². The number of methoxy groups -OCH3 is 2. The summed E-state index contributed by atoms with van der Waals surface area (Å²) in [6, 6.07) is 14.7. The molecule has 0 bridgehead atoms. The van der Waals surface area contributed by atoms with Crippen LogP contribution in [-0.2, 0) is 55.8 Å². The van der Waals surface area contributed by atoms with E-state index in [0.717, 1.165) is 30.5 Å². The average molecular weight is 898 g/mol. The summed E-state index contributed by atoms with van der Waals surface area (Å²) in [6.07, 6.45) is 3.34. The van der Waals surface area contributed by atoms with Crippen molar-refractivity contribution in [2.45, 2.75) is 101 Å². The number of amides is 4. The van der Waals surface area contributed by atoms with Crippen molar-refractivity contribution in [3.63, 3.8) is 0 Å². The molecule has 1 aliphatic heterocycles. The second-order valence-corrected chi connectivity index (χ2v) is 17.0. The summed E-state index contributed by atoms with van der Waals surface area (Å²) in [4.78, 5) is 71.8. The predicted octanol–water partition coefficient (Wildman–Crippen LogP) is 1.89. The first kappa shape index (κ1) is 53.8. The lowest BCUT2D eigenvalue weighted by molar-refractivity contribution is -0.148. The fraction of sp³-hybridized carbons (Fsp3) is 0.638. The van der Waals surface area contributed by atoms with Crippen LogP contribution in [0.2, 0.25) is 0 Å². The standard InChI is InChI=1S/C47H75N7O10/c1-35(2)32-40(52-44(57)41(34-37-16-10-6-11-17-37)51-42(55)38(48)33-36-14-8-5-9-15-36)43(56)50-39(45(58)54-22-19-47(49,20-23-54)46(59)60)18-12-7-13-21-53(24-26-63-30-28-61-3)25-27-64-31-29-62-4/h5-6,8-11,14-17,35,38-41H,7,12-13,18-34,48-49H2,1-4H3,(H,50,56)(H,51,55)(H,52,57)(H,59,60)/t38-,39-,40-,41-/m1/s1. The summed E-state index contributed by atoms with van der Waals surface area (Å²) < 4.78 is 21.6. The first-order chi connectivity index (χ1) is 30.8.